The van der Waals surface area contributed by atoms with Gasteiger partial charge in [-0.1, -0.05) is 18.2 Å². The highest BCUT2D eigenvalue weighted by Crippen LogP contribution is 2.57. The number of anilines is 1. The molecule has 5 rings (SSSR count). The van der Waals surface area contributed by atoms with Gasteiger partial charge in [-0.2, -0.15) is 11.3 Å². The van der Waals surface area contributed by atoms with Gasteiger partial charge in [0.05, 0.1) is 0 Å². The van der Waals surface area contributed by atoms with E-state index in [1.165, 1.54) is 41.6 Å². The van der Waals surface area contributed by atoms with Gasteiger partial charge in [0, 0.05) is 38.3 Å². The predicted molar refractivity (Wildman–Crippen MR) is 115 cm³/mol. The zero-order valence-corrected chi connectivity index (χ0v) is 17.4. The maximum absolute atomic E-state index is 12.3. The lowest BCUT2D eigenvalue weighted by Crippen LogP contribution is -2.39. The van der Waals surface area contributed by atoms with E-state index < -0.39 is 0 Å². The van der Waals surface area contributed by atoms with Crippen LogP contribution in [0, 0.1) is 5.41 Å². The number of benzene rings is 1. The maximum atomic E-state index is 12.3. The predicted octanol–water partition coefficient (Wildman–Crippen LogP) is 4.12. The van der Waals surface area contributed by atoms with Crippen LogP contribution in [0.1, 0.15) is 42.9 Å². The second-order valence-corrected chi connectivity index (χ2v) is 9.55. The Bertz CT molecular complexity index is 855. The number of fused-ring (bicyclic) bond motifs is 1. The summed E-state index contributed by atoms with van der Waals surface area (Å²) in [4.78, 5) is 17.0. The highest BCUT2D eigenvalue weighted by Gasteiger charge is 2.58. The molecule has 2 aliphatic heterocycles. The number of rotatable bonds is 5. The smallest absolute Gasteiger partial charge is 0.220 e. The molecule has 4 nitrogen and oxygen atoms in total. The lowest BCUT2D eigenvalue weighted by Gasteiger charge is -2.35. The molecule has 0 radical (unpaired) electrons. The molecule has 148 valence electrons. The van der Waals surface area contributed by atoms with Crippen LogP contribution in [0.5, 0.6) is 0 Å². The number of thiophene rings is 1. The van der Waals surface area contributed by atoms with Gasteiger partial charge >= 0.3 is 0 Å². The molecule has 1 amide bonds. The second-order valence-electron chi connectivity index (χ2n) is 8.76. The largest absolute Gasteiger partial charge is 0.384 e. The fourth-order valence-corrected chi connectivity index (χ4v) is 5.92. The van der Waals surface area contributed by atoms with Crippen LogP contribution in [0.25, 0.3) is 0 Å². The third kappa shape index (κ3) is 3.35. The lowest BCUT2D eigenvalue weighted by molar-refractivity contribution is -0.130. The molecule has 1 aromatic carbocycles. The Balaban J connectivity index is 1.21. The van der Waals surface area contributed by atoms with E-state index in [9.17, 15) is 4.79 Å². The molecule has 2 fully saturated rings. The molecular formula is C23H29N3OS. The first-order valence-corrected chi connectivity index (χ1v) is 11.4. The highest BCUT2D eigenvalue weighted by atomic mass is 32.1. The minimum absolute atomic E-state index is 0.224. The lowest BCUT2D eigenvalue weighted by atomic mass is 9.91. The first-order valence-electron chi connectivity index (χ1n) is 10.5. The molecule has 1 aliphatic carbocycles. The molecule has 1 atom stereocenters. The molecular weight excluding hydrogens is 366 g/mol. The van der Waals surface area contributed by atoms with Crippen LogP contribution in [-0.2, 0) is 24.3 Å². The molecule has 1 unspecified atom stereocenters. The van der Waals surface area contributed by atoms with Crippen molar-refractivity contribution in [2.75, 3.05) is 25.0 Å². The highest BCUT2D eigenvalue weighted by molar-refractivity contribution is 7.07. The average Bonchev–Trinajstić information content (AvgIpc) is 3.10. The fraction of sp³-hybridized carbons (Fsp3) is 0.522. The Hall–Kier alpha value is -1.85. The van der Waals surface area contributed by atoms with E-state index in [0.717, 1.165) is 39.1 Å². The normalized spacial score (nSPS) is 22.7. The molecule has 1 N–H and O–H groups in total. The number of para-hydroxylation sites is 1. The molecule has 3 heterocycles. The third-order valence-corrected chi connectivity index (χ3v) is 7.77. The van der Waals surface area contributed by atoms with E-state index in [4.69, 9.17) is 0 Å². The monoisotopic (exact) mass is 395 g/mol. The summed E-state index contributed by atoms with van der Waals surface area (Å²) >= 11 is 1.71. The van der Waals surface area contributed by atoms with Crippen LogP contribution in [0.4, 0.5) is 5.69 Å². The molecule has 1 saturated carbocycles. The quantitative estimate of drug-likeness (QED) is 0.827. The summed E-state index contributed by atoms with van der Waals surface area (Å²) in [5.74, 6) is 0.224. The van der Waals surface area contributed by atoms with Gasteiger partial charge in [-0.25, -0.2) is 0 Å². The van der Waals surface area contributed by atoms with Crippen LogP contribution in [-0.4, -0.2) is 41.4 Å². The van der Waals surface area contributed by atoms with Crippen molar-refractivity contribution in [2.45, 2.75) is 51.7 Å². The summed E-state index contributed by atoms with van der Waals surface area (Å²) in [6.45, 7) is 6.91. The Morgan fingerprint density at radius 2 is 2.18 bits per heavy atom. The van der Waals surface area contributed by atoms with Gasteiger partial charge in [-0.05, 0) is 77.7 Å². The minimum Gasteiger partial charge on any atom is -0.384 e. The van der Waals surface area contributed by atoms with Crippen LogP contribution in [0.15, 0.2) is 35.0 Å². The summed E-state index contributed by atoms with van der Waals surface area (Å²) in [6.07, 6.45) is 4.77. The van der Waals surface area contributed by atoms with Gasteiger partial charge in [0.2, 0.25) is 5.91 Å². The van der Waals surface area contributed by atoms with E-state index >= 15 is 0 Å². The summed E-state index contributed by atoms with van der Waals surface area (Å²) in [6, 6.07) is 9.32. The summed E-state index contributed by atoms with van der Waals surface area (Å²) in [5, 5.41) is 7.84. The molecule has 2 aromatic rings. The number of nitrogens with zero attached hydrogens (tertiary/aromatic N) is 2. The van der Waals surface area contributed by atoms with Crippen LogP contribution >= 0.6 is 11.3 Å². The number of hydrogen-bond acceptors (Lipinski definition) is 4. The molecule has 1 spiro atoms. The SMILES string of the molecule is CC(=O)N(Cc1ccsc1)C1CC12CCN(Cc1cccc3c1NCC3)CC2. The number of nitrogens with one attached hydrogen (secondary N) is 1. The topological polar surface area (TPSA) is 35.6 Å². The minimum atomic E-state index is 0.224. The number of amides is 1. The van der Waals surface area contributed by atoms with Gasteiger partial charge in [0.1, 0.15) is 0 Å². The van der Waals surface area contributed by atoms with E-state index in [0.29, 0.717) is 11.5 Å². The summed E-state index contributed by atoms with van der Waals surface area (Å²) in [5.41, 5.74) is 5.94. The average molecular weight is 396 g/mol. The van der Waals surface area contributed by atoms with Crippen molar-refractivity contribution in [2.24, 2.45) is 5.41 Å². The summed E-state index contributed by atoms with van der Waals surface area (Å²) in [7, 11) is 0. The molecule has 0 bridgehead atoms. The van der Waals surface area contributed by atoms with Gasteiger partial charge in [-0.3, -0.25) is 9.69 Å². The number of piperidine rings is 1. The molecule has 3 aliphatic rings. The first kappa shape index (κ1) is 18.2. The zero-order valence-electron chi connectivity index (χ0n) is 16.6. The second kappa shape index (κ2) is 7.20. The van der Waals surface area contributed by atoms with Crippen LogP contribution in [0.3, 0.4) is 0 Å². The van der Waals surface area contributed by atoms with E-state index in [1.54, 1.807) is 18.3 Å². The standard InChI is InChI=1S/C23H29N3OS/c1-17(27)26(14-18-6-12-28-16-18)21-13-23(21)7-10-25(11-8-23)15-20-4-2-3-19-5-9-24-22(19)20/h2-4,6,12,16,21,24H,5,7-11,13-15H2,1H3. The molecule has 28 heavy (non-hydrogen) atoms. The Kier molecular flexibility index (Phi) is 4.68. The van der Waals surface area contributed by atoms with Crippen molar-refractivity contribution in [1.82, 2.24) is 9.80 Å². The van der Waals surface area contributed by atoms with Gasteiger partial charge < -0.3 is 10.2 Å². The first-order chi connectivity index (χ1) is 13.6. The van der Waals surface area contributed by atoms with Crippen molar-refractivity contribution in [1.29, 1.82) is 0 Å². The molecule has 1 aromatic heterocycles. The van der Waals surface area contributed by atoms with Gasteiger partial charge in [0.15, 0.2) is 0 Å². The third-order valence-electron chi connectivity index (χ3n) is 7.04. The Labute approximate surface area is 171 Å². The fourth-order valence-electron chi connectivity index (χ4n) is 5.26. The van der Waals surface area contributed by atoms with Crippen LogP contribution in [0.2, 0.25) is 0 Å². The number of likely N-dealkylation sites (tertiary alicyclic amines) is 1. The summed E-state index contributed by atoms with van der Waals surface area (Å²) < 4.78 is 0. The van der Waals surface area contributed by atoms with Crippen molar-refractivity contribution in [3.63, 3.8) is 0 Å². The number of carbonyl (C=O) groups excluding carboxylic acids is 1. The van der Waals surface area contributed by atoms with Crippen molar-refractivity contribution >= 4 is 22.9 Å². The zero-order chi connectivity index (χ0) is 19.1. The molecule has 1 saturated heterocycles. The maximum Gasteiger partial charge on any atom is 0.220 e. The van der Waals surface area contributed by atoms with Crippen molar-refractivity contribution in [3.05, 3.63) is 51.7 Å². The van der Waals surface area contributed by atoms with Gasteiger partial charge in [0.25, 0.3) is 0 Å². The van der Waals surface area contributed by atoms with Gasteiger partial charge in [-0.15, -0.1) is 0 Å². The van der Waals surface area contributed by atoms with Crippen molar-refractivity contribution < 1.29 is 4.79 Å². The van der Waals surface area contributed by atoms with E-state index in [1.807, 2.05) is 0 Å². The van der Waals surface area contributed by atoms with E-state index in [2.05, 4.69) is 50.1 Å². The number of carbonyl (C=O) groups is 1. The Morgan fingerprint density at radius 3 is 2.93 bits per heavy atom. The van der Waals surface area contributed by atoms with E-state index in [-0.39, 0.29) is 5.91 Å². The number of hydrogen-bond donors (Lipinski definition) is 1. The van der Waals surface area contributed by atoms with Crippen molar-refractivity contribution in [3.8, 4) is 0 Å². The molecule has 5 heteroatoms. The van der Waals surface area contributed by atoms with Crippen LogP contribution < -0.4 is 5.32 Å². The Morgan fingerprint density at radius 1 is 1.32 bits per heavy atom.